The molecule has 2 aliphatic rings. The molecule has 1 unspecified atom stereocenters. The molecule has 2 rings (SSSR count). The Morgan fingerprint density at radius 1 is 1.45 bits per heavy atom. The van der Waals surface area contributed by atoms with E-state index in [0.29, 0.717) is 11.5 Å². The molecule has 0 aromatic rings. The number of nitrogens with one attached hydrogen (secondary N) is 2. The molecule has 1 saturated carbocycles. The predicted octanol–water partition coefficient (Wildman–Crippen LogP) is 3.57. The van der Waals surface area contributed by atoms with E-state index in [1.165, 1.54) is 31.4 Å². The molecular formula is C16H26ClN3. The van der Waals surface area contributed by atoms with Crippen LogP contribution >= 0.6 is 11.6 Å². The van der Waals surface area contributed by atoms with Crippen molar-refractivity contribution in [3.63, 3.8) is 0 Å². The maximum absolute atomic E-state index is 6.13. The van der Waals surface area contributed by atoms with Crippen molar-refractivity contribution in [3.8, 4) is 0 Å². The fourth-order valence-electron chi connectivity index (χ4n) is 2.56. The van der Waals surface area contributed by atoms with Crippen molar-refractivity contribution in [2.75, 3.05) is 13.1 Å². The smallest absolute Gasteiger partial charge is 0.0972 e. The number of allylic oxidation sites excluding steroid dienone is 3. The molecule has 20 heavy (non-hydrogen) atoms. The maximum Gasteiger partial charge on any atom is 0.0972 e. The lowest BCUT2D eigenvalue weighted by Gasteiger charge is -2.08. The minimum atomic E-state index is 0.552. The van der Waals surface area contributed by atoms with Crippen molar-refractivity contribution in [1.82, 2.24) is 10.6 Å². The monoisotopic (exact) mass is 295 g/mol. The summed E-state index contributed by atoms with van der Waals surface area (Å²) in [6, 6.07) is 0.552. The summed E-state index contributed by atoms with van der Waals surface area (Å²) in [5.74, 6) is 0.921. The van der Waals surface area contributed by atoms with Crippen LogP contribution in [0.25, 0.3) is 0 Å². The number of amidine groups is 1. The molecule has 2 N–H and O–H groups in total. The molecule has 2 fully saturated rings. The lowest BCUT2D eigenvalue weighted by atomic mass is 10.0. The SMILES string of the molecule is CC/C(C)=C/C(Cl)=C\NC(C)=NCC1CC2(CC2)CN1. The van der Waals surface area contributed by atoms with Gasteiger partial charge in [-0.1, -0.05) is 24.1 Å². The Kier molecular flexibility index (Phi) is 5.28. The largest absolute Gasteiger partial charge is 0.349 e. The molecule has 4 heteroatoms. The van der Waals surface area contributed by atoms with Crippen LogP contribution in [-0.4, -0.2) is 25.0 Å². The van der Waals surface area contributed by atoms with E-state index in [9.17, 15) is 0 Å². The van der Waals surface area contributed by atoms with Gasteiger partial charge in [0.25, 0.3) is 0 Å². The van der Waals surface area contributed by atoms with E-state index in [1.54, 1.807) is 0 Å². The van der Waals surface area contributed by atoms with Gasteiger partial charge in [0.05, 0.1) is 17.4 Å². The molecule has 1 spiro atoms. The summed E-state index contributed by atoms with van der Waals surface area (Å²) in [5, 5.41) is 7.45. The zero-order valence-electron chi connectivity index (χ0n) is 12.8. The van der Waals surface area contributed by atoms with Crippen LogP contribution in [0.5, 0.6) is 0 Å². The summed E-state index contributed by atoms with van der Waals surface area (Å²) in [7, 11) is 0. The molecule has 1 atom stereocenters. The molecule has 1 saturated heterocycles. The number of halogens is 1. The molecule has 0 bridgehead atoms. The normalized spacial score (nSPS) is 26.2. The van der Waals surface area contributed by atoms with Crippen LogP contribution in [0.4, 0.5) is 0 Å². The molecule has 3 nitrogen and oxygen atoms in total. The number of hydrogen-bond acceptors (Lipinski definition) is 2. The van der Waals surface area contributed by atoms with Crippen LogP contribution in [0.15, 0.2) is 27.9 Å². The molecule has 0 radical (unpaired) electrons. The molecule has 0 amide bonds. The Morgan fingerprint density at radius 3 is 2.80 bits per heavy atom. The number of hydrogen-bond donors (Lipinski definition) is 2. The van der Waals surface area contributed by atoms with E-state index in [-0.39, 0.29) is 0 Å². The van der Waals surface area contributed by atoms with Crippen LogP contribution < -0.4 is 10.6 Å². The van der Waals surface area contributed by atoms with Crippen molar-refractivity contribution in [2.24, 2.45) is 10.4 Å². The van der Waals surface area contributed by atoms with Gasteiger partial charge in [0, 0.05) is 18.8 Å². The molecule has 1 aliphatic heterocycles. The number of aliphatic imine (C=N–C) groups is 1. The highest BCUT2D eigenvalue weighted by Crippen LogP contribution is 2.51. The second-order valence-corrected chi connectivity index (χ2v) is 6.66. The van der Waals surface area contributed by atoms with Gasteiger partial charge >= 0.3 is 0 Å². The first-order valence-corrected chi connectivity index (χ1v) is 7.95. The van der Waals surface area contributed by atoms with Gasteiger partial charge in [0.1, 0.15) is 0 Å². The number of nitrogens with zero attached hydrogens (tertiary/aromatic N) is 1. The number of rotatable bonds is 5. The highest BCUT2D eigenvalue weighted by atomic mass is 35.5. The van der Waals surface area contributed by atoms with Crippen molar-refractivity contribution in [3.05, 3.63) is 22.9 Å². The van der Waals surface area contributed by atoms with Gasteiger partial charge in [-0.2, -0.15) is 0 Å². The topological polar surface area (TPSA) is 36.4 Å². The second kappa shape index (κ2) is 6.77. The van der Waals surface area contributed by atoms with Gasteiger partial charge in [-0.15, -0.1) is 0 Å². The Hall–Kier alpha value is -0.800. The van der Waals surface area contributed by atoms with Crippen LogP contribution in [0, 0.1) is 5.41 Å². The van der Waals surface area contributed by atoms with Crippen molar-refractivity contribution < 1.29 is 0 Å². The summed E-state index contributed by atoms with van der Waals surface area (Å²) in [5.41, 5.74) is 1.92. The average molecular weight is 296 g/mol. The van der Waals surface area contributed by atoms with Crippen LogP contribution in [0.1, 0.15) is 46.5 Å². The van der Waals surface area contributed by atoms with E-state index >= 15 is 0 Å². The molecule has 0 aromatic heterocycles. The molecule has 0 aromatic carbocycles. The van der Waals surface area contributed by atoms with Gasteiger partial charge in [-0.25, -0.2) is 0 Å². The fourth-order valence-corrected chi connectivity index (χ4v) is 2.80. The summed E-state index contributed by atoms with van der Waals surface area (Å²) in [6.45, 7) is 8.23. The molecular weight excluding hydrogens is 270 g/mol. The summed E-state index contributed by atoms with van der Waals surface area (Å²) in [4.78, 5) is 4.59. The van der Waals surface area contributed by atoms with E-state index in [2.05, 4.69) is 29.5 Å². The van der Waals surface area contributed by atoms with Crippen molar-refractivity contribution in [1.29, 1.82) is 0 Å². The third-order valence-corrected chi connectivity index (χ3v) is 4.53. The Bertz CT molecular complexity index is 433. The first kappa shape index (κ1) is 15.6. The third-order valence-electron chi connectivity index (χ3n) is 4.31. The third kappa shape index (κ3) is 4.64. The summed E-state index contributed by atoms with van der Waals surface area (Å²) < 4.78 is 0. The average Bonchev–Trinajstić information content (AvgIpc) is 3.05. The lowest BCUT2D eigenvalue weighted by molar-refractivity contribution is 0.546. The van der Waals surface area contributed by atoms with Crippen molar-refractivity contribution in [2.45, 2.75) is 52.5 Å². The van der Waals surface area contributed by atoms with Gasteiger partial charge < -0.3 is 10.6 Å². The highest BCUT2D eigenvalue weighted by Gasteiger charge is 2.47. The minimum absolute atomic E-state index is 0.552. The van der Waals surface area contributed by atoms with Crippen LogP contribution in [0.3, 0.4) is 0 Å². The maximum atomic E-state index is 6.13. The molecule has 112 valence electrons. The van der Waals surface area contributed by atoms with Crippen LogP contribution in [0.2, 0.25) is 0 Å². The van der Waals surface area contributed by atoms with Crippen molar-refractivity contribution >= 4 is 17.4 Å². The fraction of sp³-hybridized carbons (Fsp3) is 0.688. The summed E-state index contributed by atoms with van der Waals surface area (Å²) >= 11 is 6.13. The second-order valence-electron chi connectivity index (χ2n) is 6.23. The lowest BCUT2D eigenvalue weighted by Crippen LogP contribution is -2.26. The van der Waals surface area contributed by atoms with Gasteiger partial charge in [0.15, 0.2) is 0 Å². The Morgan fingerprint density at radius 2 is 2.20 bits per heavy atom. The van der Waals surface area contributed by atoms with E-state index < -0.39 is 0 Å². The van der Waals surface area contributed by atoms with Gasteiger partial charge in [-0.3, -0.25) is 4.99 Å². The zero-order chi connectivity index (χ0) is 14.6. The first-order valence-electron chi connectivity index (χ1n) is 7.57. The van der Waals surface area contributed by atoms with E-state index in [1.807, 2.05) is 19.2 Å². The standard InChI is InChI=1S/C16H26ClN3/c1-4-12(2)7-14(17)9-18-13(3)19-10-15-8-16(5-6-16)11-20-15/h7,9,15,20H,4-6,8,10-11H2,1-3H3,(H,18,19)/b12-7+,14-9+. The summed E-state index contributed by atoms with van der Waals surface area (Å²) in [6.07, 6.45) is 8.91. The first-order chi connectivity index (χ1) is 9.53. The Balaban J connectivity index is 1.75. The molecule has 1 aliphatic carbocycles. The van der Waals surface area contributed by atoms with E-state index in [0.717, 1.165) is 23.8 Å². The Labute approximate surface area is 127 Å². The highest BCUT2D eigenvalue weighted by molar-refractivity contribution is 6.31. The zero-order valence-corrected chi connectivity index (χ0v) is 13.6. The van der Waals surface area contributed by atoms with Crippen LogP contribution in [-0.2, 0) is 0 Å². The minimum Gasteiger partial charge on any atom is -0.349 e. The quantitative estimate of drug-likeness (QED) is 0.462. The van der Waals surface area contributed by atoms with Gasteiger partial charge in [0.2, 0.25) is 0 Å². The van der Waals surface area contributed by atoms with Gasteiger partial charge in [-0.05, 0) is 51.0 Å². The predicted molar refractivity (Wildman–Crippen MR) is 87.2 cm³/mol. The molecule has 1 heterocycles. The van der Waals surface area contributed by atoms with E-state index in [4.69, 9.17) is 11.6 Å².